The molecule has 0 aliphatic carbocycles. The molecule has 4 aromatic rings. The number of benzene rings is 2. The molecule has 2 aromatic heterocycles. The van der Waals surface area contributed by atoms with Crippen LogP contribution in [0.25, 0.3) is 22.4 Å². The van der Waals surface area contributed by atoms with Crippen molar-refractivity contribution >= 4 is 34.3 Å². The van der Waals surface area contributed by atoms with Crippen LogP contribution in [-0.4, -0.2) is 36.9 Å². The monoisotopic (exact) mass is 435 g/mol. The smallest absolute Gasteiger partial charge is 0.267 e. The fraction of sp³-hybridized carbons (Fsp3) is 0.304. The van der Waals surface area contributed by atoms with E-state index in [0.29, 0.717) is 16.3 Å². The molecule has 0 radical (unpaired) electrons. The summed E-state index contributed by atoms with van der Waals surface area (Å²) in [5.41, 5.74) is 3.44. The van der Waals surface area contributed by atoms with E-state index >= 15 is 0 Å². The van der Waals surface area contributed by atoms with Crippen LogP contribution in [0.15, 0.2) is 52.4 Å². The highest BCUT2D eigenvalue weighted by Crippen LogP contribution is 2.24. The van der Waals surface area contributed by atoms with E-state index in [4.69, 9.17) is 0 Å². The molecule has 31 heavy (non-hydrogen) atoms. The van der Waals surface area contributed by atoms with E-state index in [1.54, 1.807) is 10.6 Å². The van der Waals surface area contributed by atoms with Gasteiger partial charge >= 0.3 is 0 Å². The van der Waals surface area contributed by atoms with Crippen molar-refractivity contribution in [3.05, 3.63) is 63.9 Å². The van der Waals surface area contributed by atoms with Gasteiger partial charge in [-0.2, -0.15) is 0 Å². The van der Waals surface area contributed by atoms with E-state index in [1.165, 1.54) is 11.8 Å². The van der Waals surface area contributed by atoms with Crippen LogP contribution in [0.4, 0.5) is 0 Å². The highest BCUT2D eigenvalue weighted by molar-refractivity contribution is 7.99. The van der Waals surface area contributed by atoms with Gasteiger partial charge in [0.15, 0.2) is 5.16 Å². The first kappa shape index (κ1) is 21.1. The third-order valence-corrected chi connectivity index (χ3v) is 6.27. The molecule has 1 amide bonds. The number of carbonyl (C=O) groups is 1. The van der Waals surface area contributed by atoms with Crippen LogP contribution < -0.4 is 10.9 Å². The lowest BCUT2D eigenvalue weighted by atomic mass is 10.1. The number of aromatic nitrogens is 4. The van der Waals surface area contributed by atoms with Crippen LogP contribution in [0.3, 0.4) is 0 Å². The first-order valence-electron chi connectivity index (χ1n) is 10.3. The van der Waals surface area contributed by atoms with Crippen molar-refractivity contribution in [3.63, 3.8) is 0 Å². The molecule has 4 rings (SSSR count). The molecule has 0 spiro atoms. The number of hydrogen-bond donors (Lipinski definition) is 1. The molecule has 1 N–H and O–H groups in total. The van der Waals surface area contributed by atoms with Crippen LogP contribution >= 0.6 is 11.8 Å². The van der Waals surface area contributed by atoms with E-state index in [0.717, 1.165) is 28.8 Å². The zero-order valence-corrected chi connectivity index (χ0v) is 18.9. The molecule has 2 heterocycles. The zero-order chi connectivity index (χ0) is 22.1. The van der Waals surface area contributed by atoms with Gasteiger partial charge in [0.1, 0.15) is 0 Å². The van der Waals surface area contributed by atoms with Gasteiger partial charge < -0.3 is 5.32 Å². The first-order chi connectivity index (χ1) is 14.9. The summed E-state index contributed by atoms with van der Waals surface area (Å²) in [4.78, 5) is 25.7. The van der Waals surface area contributed by atoms with Crippen molar-refractivity contribution in [2.24, 2.45) is 0 Å². The van der Waals surface area contributed by atoms with Crippen molar-refractivity contribution in [2.75, 3.05) is 5.75 Å². The average molecular weight is 436 g/mol. The maximum atomic E-state index is 13.4. The van der Waals surface area contributed by atoms with Crippen molar-refractivity contribution in [1.29, 1.82) is 0 Å². The number of carbonyl (C=O) groups excluding carboxylic acids is 1. The highest BCUT2D eigenvalue weighted by atomic mass is 32.2. The third kappa shape index (κ3) is 3.95. The normalized spacial score (nSPS) is 12.4. The Bertz CT molecular complexity index is 1340. The number of rotatable bonds is 6. The summed E-state index contributed by atoms with van der Waals surface area (Å²) in [6.45, 7) is 8.01. The van der Waals surface area contributed by atoms with Crippen molar-refractivity contribution in [1.82, 2.24) is 24.5 Å². The largest absolute Gasteiger partial charge is 0.353 e. The molecule has 1 atom stereocenters. The number of nitrogens with zero attached hydrogens (tertiary/aromatic N) is 4. The molecule has 0 bridgehead atoms. The van der Waals surface area contributed by atoms with E-state index in [2.05, 4.69) is 15.5 Å². The van der Waals surface area contributed by atoms with Gasteiger partial charge in [0.2, 0.25) is 11.7 Å². The number of thioether (sulfide) groups is 1. The van der Waals surface area contributed by atoms with Crippen LogP contribution in [0.2, 0.25) is 0 Å². The van der Waals surface area contributed by atoms with E-state index in [-0.39, 0.29) is 23.3 Å². The standard InChI is InChI=1S/C23H25N5O2S/c1-5-16(4)24-20(29)13-31-23-26-25-22-27(18-11-10-14(2)12-15(18)3)21(30)17-8-6-7-9-19(17)28(22)23/h6-12,16H,5,13H2,1-4H3,(H,24,29). The molecule has 160 valence electrons. The van der Waals surface area contributed by atoms with Gasteiger partial charge in [0, 0.05) is 6.04 Å². The quantitative estimate of drug-likeness (QED) is 0.468. The van der Waals surface area contributed by atoms with Gasteiger partial charge in [-0.3, -0.25) is 14.0 Å². The SMILES string of the molecule is CCC(C)NC(=O)CSc1nnc2n(-c3ccc(C)cc3C)c(=O)c3ccccc3n12. The second-order valence-corrected chi connectivity index (χ2v) is 8.67. The second-order valence-electron chi connectivity index (χ2n) is 7.73. The van der Waals surface area contributed by atoms with Crippen LogP contribution in [0.5, 0.6) is 0 Å². The predicted molar refractivity (Wildman–Crippen MR) is 124 cm³/mol. The fourth-order valence-corrected chi connectivity index (χ4v) is 4.35. The lowest BCUT2D eigenvalue weighted by Crippen LogP contribution is -2.33. The topological polar surface area (TPSA) is 81.3 Å². The summed E-state index contributed by atoms with van der Waals surface area (Å²) in [5.74, 6) is 0.603. The predicted octanol–water partition coefficient (Wildman–Crippen LogP) is 3.66. The minimum Gasteiger partial charge on any atom is -0.353 e. The fourth-order valence-electron chi connectivity index (χ4n) is 3.59. The van der Waals surface area contributed by atoms with Gasteiger partial charge in [-0.05, 0) is 51.0 Å². The summed E-state index contributed by atoms with van der Waals surface area (Å²) in [7, 11) is 0. The maximum absolute atomic E-state index is 13.4. The molecular formula is C23H25N5O2S. The second kappa shape index (κ2) is 8.55. The van der Waals surface area contributed by atoms with Crippen LogP contribution in [-0.2, 0) is 4.79 Å². The number of amides is 1. The first-order valence-corrected chi connectivity index (χ1v) is 11.3. The summed E-state index contributed by atoms with van der Waals surface area (Å²) in [5, 5.41) is 12.8. The minimum atomic E-state index is -0.145. The average Bonchev–Trinajstić information content (AvgIpc) is 3.17. The summed E-state index contributed by atoms with van der Waals surface area (Å²) in [6, 6.07) is 13.5. The molecule has 7 nitrogen and oxygen atoms in total. The molecule has 0 aliphatic rings. The van der Waals surface area contributed by atoms with Crippen molar-refractivity contribution < 1.29 is 4.79 Å². The molecule has 0 aliphatic heterocycles. The molecule has 0 fully saturated rings. The molecule has 0 saturated carbocycles. The lowest BCUT2D eigenvalue weighted by Gasteiger charge is -2.14. The van der Waals surface area contributed by atoms with E-state index in [9.17, 15) is 9.59 Å². The van der Waals surface area contributed by atoms with Crippen LogP contribution in [0, 0.1) is 13.8 Å². The zero-order valence-electron chi connectivity index (χ0n) is 18.0. The summed E-state index contributed by atoms with van der Waals surface area (Å²) < 4.78 is 3.46. The Morgan fingerprint density at radius 1 is 1.16 bits per heavy atom. The van der Waals surface area contributed by atoms with Gasteiger partial charge in [0.25, 0.3) is 5.56 Å². The number of nitrogens with one attached hydrogen (secondary N) is 1. The van der Waals surface area contributed by atoms with Gasteiger partial charge in [-0.15, -0.1) is 10.2 Å². The van der Waals surface area contributed by atoms with Crippen LogP contribution in [0.1, 0.15) is 31.4 Å². The minimum absolute atomic E-state index is 0.0527. The molecule has 8 heteroatoms. The molecule has 1 unspecified atom stereocenters. The van der Waals surface area contributed by atoms with E-state index in [1.807, 2.05) is 68.5 Å². The van der Waals surface area contributed by atoms with Crippen molar-refractivity contribution in [3.8, 4) is 5.69 Å². The Morgan fingerprint density at radius 2 is 1.94 bits per heavy atom. The Labute approximate surface area is 184 Å². The number of hydrogen-bond acceptors (Lipinski definition) is 5. The molecule has 2 aromatic carbocycles. The van der Waals surface area contributed by atoms with Gasteiger partial charge in [0.05, 0.1) is 22.3 Å². The van der Waals surface area contributed by atoms with E-state index < -0.39 is 0 Å². The Morgan fingerprint density at radius 3 is 2.68 bits per heavy atom. The van der Waals surface area contributed by atoms with Gasteiger partial charge in [-0.25, -0.2) is 4.57 Å². The summed E-state index contributed by atoms with van der Waals surface area (Å²) in [6.07, 6.45) is 0.872. The molecule has 0 saturated heterocycles. The highest BCUT2D eigenvalue weighted by Gasteiger charge is 2.19. The Hall–Kier alpha value is -3.13. The molecular weight excluding hydrogens is 410 g/mol. The number of aryl methyl sites for hydroxylation is 2. The Balaban J connectivity index is 1.87. The lowest BCUT2D eigenvalue weighted by molar-refractivity contribution is -0.119. The summed E-state index contributed by atoms with van der Waals surface area (Å²) >= 11 is 1.31. The van der Waals surface area contributed by atoms with Gasteiger partial charge in [-0.1, -0.05) is 48.5 Å². The number of para-hydroxylation sites is 1. The number of fused-ring (bicyclic) bond motifs is 3. The third-order valence-electron chi connectivity index (χ3n) is 5.34. The maximum Gasteiger partial charge on any atom is 0.267 e. The Kier molecular flexibility index (Phi) is 5.82. The van der Waals surface area contributed by atoms with Crippen molar-refractivity contribution in [2.45, 2.75) is 45.3 Å².